The Kier molecular flexibility index (Phi) is 3.56. The van der Waals surface area contributed by atoms with E-state index in [1.54, 1.807) is 23.2 Å². The Morgan fingerprint density at radius 1 is 1.15 bits per heavy atom. The van der Waals surface area contributed by atoms with Gasteiger partial charge >= 0.3 is 11.7 Å². The van der Waals surface area contributed by atoms with Crippen LogP contribution in [0.3, 0.4) is 0 Å². The highest BCUT2D eigenvalue weighted by molar-refractivity contribution is 6.04. The Morgan fingerprint density at radius 3 is 2.45 bits per heavy atom. The van der Waals surface area contributed by atoms with E-state index in [-0.39, 0.29) is 10.1 Å². The Hall–Kier alpha value is -3.03. The number of nitrogens with zero attached hydrogens (tertiary/aromatic N) is 1. The first-order valence-electron chi connectivity index (χ1n) is 5.41. The molecule has 2 amide bonds. The van der Waals surface area contributed by atoms with Crippen molar-refractivity contribution in [2.75, 3.05) is 0 Å². The van der Waals surface area contributed by atoms with Gasteiger partial charge < -0.3 is 0 Å². The zero-order valence-electron chi connectivity index (χ0n) is 9.92. The Morgan fingerprint density at radius 2 is 1.80 bits per heavy atom. The van der Waals surface area contributed by atoms with Crippen molar-refractivity contribution in [2.24, 2.45) is 0 Å². The summed E-state index contributed by atoms with van der Waals surface area (Å²) in [5.74, 6) is -2.07. The summed E-state index contributed by atoms with van der Waals surface area (Å²) in [5.41, 5.74) is -2.19. The molecule has 0 fully saturated rings. The van der Waals surface area contributed by atoms with Crippen LogP contribution in [0.25, 0.3) is 0 Å². The molecule has 0 unspecified atom stereocenters. The van der Waals surface area contributed by atoms with E-state index in [0.717, 1.165) is 0 Å². The van der Waals surface area contributed by atoms with Crippen LogP contribution in [0.2, 0.25) is 0 Å². The Bertz CT molecular complexity index is 779. The number of carbonyl (C=O) groups excluding carboxylic acids is 2. The third-order valence-electron chi connectivity index (χ3n) is 2.37. The largest absolute Gasteiger partial charge is 0.336 e. The van der Waals surface area contributed by atoms with Gasteiger partial charge in [-0.15, -0.1) is 0 Å². The summed E-state index contributed by atoms with van der Waals surface area (Å²) in [6.07, 6.45) is 0.411. The van der Waals surface area contributed by atoms with Crippen molar-refractivity contribution in [3.8, 4) is 0 Å². The quantitative estimate of drug-likeness (QED) is 0.770. The lowest BCUT2D eigenvalue weighted by Crippen LogP contribution is -2.42. The predicted molar refractivity (Wildman–Crippen MR) is 66.0 cm³/mol. The van der Waals surface area contributed by atoms with E-state index in [1.165, 1.54) is 12.1 Å². The van der Waals surface area contributed by atoms with Crippen LogP contribution in [0.1, 0.15) is 10.4 Å². The van der Waals surface area contributed by atoms with Crippen molar-refractivity contribution in [2.45, 2.75) is 0 Å². The van der Waals surface area contributed by atoms with E-state index >= 15 is 0 Å². The van der Waals surface area contributed by atoms with E-state index in [2.05, 4.69) is 0 Å². The maximum atomic E-state index is 13.0. The van der Waals surface area contributed by atoms with E-state index in [0.29, 0.717) is 6.20 Å². The zero-order chi connectivity index (χ0) is 14.7. The molecule has 102 valence electrons. The molecular weight excluding hydrogens is 269 g/mol. The van der Waals surface area contributed by atoms with Gasteiger partial charge in [0, 0.05) is 5.56 Å². The van der Waals surface area contributed by atoms with Crippen LogP contribution in [0.4, 0.5) is 9.18 Å². The van der Waals surface area contributed by atoms with Crippen LogP contribution >= 0.6 is 0 Å². The smallest absolute Gasteiger partial charge is 0.273 e. The number of amides is 2. The predicted octanol–water partition coefficient (Wildman–Crippen LogP) is 0.0738. The van der Waals surface area contributed by atoms with Gasteiger partial charge in [0.25, 0.3) is 11.5 Å². The standard InChI is InChI=1S/C12H8FN3O4/c13-8-6-16(12(20)15-10(8)18)11(19)14-9(17)7-4-2-1-3-5-7/h1-6H,(H,14,17,19)(H,15,18,20). The molecule has 8 heteroatoms. The molecule has 2 rings (SSSR count). The number of hydrogen-bond donors (Lipinski definition) is 2. The van der Waals surface area contributed by atoms with Gasteiger partial charge in [0.05, 0.1) is 6.20 Å². The van der Waals surface area contributed by atoms with E-state index in [1.807, 2.05) is 5.32 Å². The highest BCUT2D eigenvalue weighted by Crippen LogP contribution is 1.97. The second-order valence-corrected chi connectivity index (χ2v) is 3.73. The van der Waals surface area contributed by atoms with Crippen molar-refractivity contribution >= 4 is 11.9 Å². The van der Waals surface area contributed by atoms with Crippen LogP contribution in [-0.2, 0) is 0 Å². The lowest BCUT2D eigenvalue weighted by atomic mass is 10.2. The average molecular weight is 277 g/mol. The molecule has 0 saturated carbocycles. The minimum Gasteiger partial charge on any atom is -0.273 e. The average Bonchev–Trinajstić information content (AvgIpc) is 2.43. The SMILES string of the molecule is O=C(NC(=O)n1cc(F)c(=O)[nH]c1=O)c1ccccc1. The number of rotatable bonds is 1. The first-order valence-corrected chi connectivity index (χ1v) is 5.41. The van der Waals surface area contributed by atoms with Crippen LogP contribution in [-0.4, -0.2) is 21.5 Å². The van der Waals surface area contributed by atoms with E-state index in [9.17, 15) is 23.6 Å². The molecule has 1 aromatic heterocycles. The molecule has 0 saturated heterocycles. The van der Waals surface area contributed by atoms with Crippen molar-refractivity contribution in [3.63, 3.8) is 0 Å². The van der Waals surface area contributed by atoms with Gasteiger partial charge in [0.2, 0.25) is 5.82 Å². The van der Waals surface area contributed by atoms with Gasteiger partial charge in [0.1, 0.15) is 0 Å². The van der Waals surface area contributed by atoms with E-state index < -0.39 is 29.0 Å². The van der Waals surface area contributed by atoms with E-state index in [4.69, 9.17) is 0 Å². The van der Waals surface area contributed by atoms with Gasteiger partial charge in [-0.2, -0.15) is 4.39 Å². The molecule has 0 aliphatic rings. The molecule has 0 bridgehead atoms. The maximum absolute atomic E-state index is 13.0. The second-order valence-electron chi connectivity index (χ2n) is 3.73. The minimum absolute atomic E-state index is 0.193. The first kappa shape index (κ1) is 13.4. The normalized spacial score (nSPS) is 10.1. The minimum atomic E-state index is -1.31. The zero-order valence-corrected chi connectivity index (χ0v) is 9.92. The molecule has 0 radical (unpaired) electrons. The van der Waals surface area contributed by atoms with Crippen molar-refractivity contribution in [3.05, 3.63) is 68.7 Å². The third kappa shape index (κ3) is 2.69. The number of imide groups is 1. The van der Waals surface area contributed by atoms with Gasteiger partial charge in [0.15, 0.2) is 0 Å². The van der Waals surface area contributed by atoms with Crippen molar-refractivity contribution < 1.29 is 14.0 Å². The fourth-order valence-corrected chi connectivity index (χ4v) is 1.42. The number of H-pyrrole nitrogens is 1. The van der Waals surface area contributed by atoms with Gasteiger partial charge in [-0.05, 0) is 12.1 Å². The summed E-state index contributed by atoms with van der Waals surface area (Å²) < 4.78 is 13.3. The molecule has 20 heavy (non-hydrogen) atoms. The number of aromatic amines is 1. The number of aromatic nitrogens is 2. The van der Waals surface area contributed by atoms with Gasteiger partial charge in [-0.1, -0.05) is 18.2 Å². The molecule has 0 spiro atoms. The number of carbonyl (C=O) groups is 2. The molecule has 2 N–H and O–H groups in total. The lowest BCUT2D eigenvalue weighted by molar-refractivity contribution is 0.0964. The fourth-order valence-electron chi connectivity index (χ4n) is 1.42. The number of benzene rings is 1. The number of hydrogen-bond acceptors (Lipinski definition) is 4. The molecule has 1 heterocycles. The van der Waals surface area contributed by atoms with Crippen LogP contribution in [0, 0.1) is 5.82 Å². The summed E-state index contributed by atoms with van der Waals surface area (Å²) in [6.45, 7) is 0. The molecular formula is C12H8FN3O4. The van der Waals surface area contributed by atoms with Crippen LogP contribution in [0.15, 0.2) is 46.1 Å². The monoisotopic (exact) mass is 277 g/mol. The van der Waals surface area contributed by atoms with Crippen LogP contribution < -0.4 is 16.6 Å². The summed E-state index contributed by atoms with van der Waals surface area (Å²) in [7, 11) is 0. The molecule has 2 aromatic rings. The van der Waals surface area contributed by atoms with Crippen molar-refractivity contribution in [1.82, 2.24) is 14.9 Å². The fraction of sp³-hybridized carbons (Fsp3) is 0. The Labute approximate surface area is 110 Å². The molecule has 0 aliphatic carbocycles. The van der Waals surface area contributed by atoms with Gasteiger partial charge in [-0.25, -0.2) is 14.2 Å². The highest BCUT2D eigenvalue weighted by atomic mass is 19.1. The molecule has 0 atom stereocenters. The molecule has 0 aliphatic heterocycles. The number of nitrogens with one attached hydrogen (secondary N) is 2. The highest BCUT2D eigenvalue weighted by Gasteiger charge is 2.14. The lowest BCUT2D eigenvalue weighted by Gasteiger charge is -2.05. The maximum Gasteiger partial charge on any atom is 0.336 e. The molecule has 1 aromatic carbocycles. The van der Waals surface area contributed by atoms with Gasteiger partial charge in [-0.3, -0.25) is 19.9 Å². The summed E-state index contributed by atoms with van der Waals surface area (Å²) >= 11 is 0. The first-order chi connectivity index (χ1) is 9.49. The van der Waals surface area contributed by atoms with Crippen LogP contribution in [0.5, 0.6) is 0 Å². The third-order valence-corrected chi connectivity index (χ3v) is 2.37. The summed E-state index contributed by atoms with van der Waals surface area (Å²) in [4.78, 5) is 47.1. The Balaban J connectivity index is 2.26. The summed E-state index contributed by atoms with van der Waals surface area (Å²) in [6, 6.07) is 6.60. The number of halogens is 1. The topological polar surface area (TPSA) is 101 Å². The second kappa shape index (κ2) is 5.31. The summed E-state index contributed by atoms with van der Waals surface area (Å²) in [5, 5.41) is 1.90. The van der Waals surface area contributed by atoms with Crippen molar-refractivity contribution in [1.29, 1.82) is 0 Å². The molecule has 7 nitrogen and oxygen atoms in total.